The molecule has 0 atom stereocenters. The second kappa shape index (κ2) is 11.5. The van der Waals surface area contributed by atoms with E-state index < -0.39 is 0 Å². The van der Waals surface area contributed by atoms with Crippen molar-refractivity contribution in [1.29, 1.82) is 0 Å². The summed E-state index contributed by atoms with van der Waals surface area (Å²) in [7, 11) is 0. The molecule has 0 radical (unpaired) electrons. The Morgan fingerprint density at radius 2 is 1.04 bits per heavy atom. The van der Waals surface area contributed by atoms with Gasteiger partial charge in [-0.15, -0.1) is 0 Å². The molecule has 25 heavy (non-hydrogen) atoms. The van der Waals surface area contributed by atoms with E-state index in [1.807, 2.05) is 36.4 Å². The summed E-state index contributed by atoms with van der Waals surface area (Å²) in [6.07, 6.45) is 8.62. The molecule has 3 nitrogen and oxygen atoms in total. The molecule has 0 bridgehead atoms. The van der Waals surface area contributed by atoms with Crippen molar-refractivity contribution in [3.05, 3.63) is 83.3 Å². The Balaban J connectivity index is 1.48. The highest BCUT2D eigenvalue weighted by Crippen LogP contribution is 2.16. The van der Waals surface area contributed by atoms with Gasteiger partial charge in [0, 0.05) is 22.9 Å². The molecule has 0 aliphatic heterocycles. The first kappa shape index (κ1) is 19.2. The quantitative estimate of drug-likeness (QED) is 0.359. The van der Waals surface area contributed by atoms with E-state index in [9.17, 15) is 0 Å². The van der Waals surface area contributed by atoms with Gasteiger partial charge in [-0.25, -0.2) is 0 Å². The minimum Gasteiger partial charge on any atom is -0.493 e. The van der Waals surface area contributed by atoms with Crippen LogP contribution in [-0.2, 0) is 4.74 Å². The van der Waals surface area contributed by atoms with Crippen molar-refractivity contribution in [2.75, 3.05) is 13.2 Å². The van der Waals surface area contributed by atoms with Crippen molar-refractivity contribution in [1.82, 2.24) is 0 Å². The van der Waals surface area contributed by atoms with Gasteiger partial charge in [0.1, 0.15) is 11.5 Å². The van der Waals surface area contributed by atoms with Crippen LogP contribution in [0.1, 0.15) is 12.8 Å². The Morgan fingerprint density at radius 3 is 1.44 bits per heavy atom. The van der Waals surface area contributed by atoms with Gasteiger partial charge in [0.2, 0.25) is 0 Å². The average molecular weight is 379 g/mol. The minimum absolute atomic E-state index is 0.583. The Bertz CT molecular complexity index is 605. The molecule has 5 heteroatoms. The first-order valence-corrected chi connectivity index (χ1v) is 8.72. The van der Waals surface area contributed by atoms with Gasteiger partial charge in [-0.1, -0.05) is 23.2 Å². The number of benzene rings is 2. The number of hydrogen-bond acceptors (Lipinski definition) is 3. The Hall–Kier alpha value is -2.10. The molecule has 0 saturated heterocycles. The second-order valence-corrected chi connectivity index (χ2v) is 5.93. The van der Waals surface area contributed by atoms with Crippen LogP contribution in [0.15, 0.2) is 73.2 Å². The van der Waals surface area contributed by atoms with Gasteiger partial charge in [-0.3, -0.25) is 0 Å². The maximum absolute atomic E-state index is 5.81. The van der Waals surface area contributed by atoms with Crippen molar-refractivity contribution in [2.24, 2.45) is 0 Å². The van der Waals surface area contributed by atoms with E-state index >= 15 is 0 Å². The van der Waals surface area contributed by atoms with E-state index in [0.29, 0.717) is 23.3 Å². The van der Waals surface area contributed by atoms with Crippen LogP contribution in [0.3, 0.4) is 0 Å². The van der Waals surface area contributed by atoms with Gasteiger partial charge in [0.05, 0.1) is 25.7 Å². The Morgan fingerprint density at radius 1 is 0.640 bits per heavy atom. The standard InChI is InChI=1S/C20H20Cl2O3/c21-17-5-9-19(10-6-17)24-15-3-1-13-23-14-2-4-16-25-20-11-7-18(22)8-12-20/h1-2,5-14H,3-4,15-16H2. The molecule has 2 rings (SSSR count). The fraction of sp³-hybridized carbons (Fsp3) is 0.200. The zero-order valence-electron chi connectivity index (χ0n) is 13.7. The molecule has 0 saturated carbocycles. The average Bonchev–Trinajstić information content (AvgIpc) is 2.63. The lowest BCUT2D eigenvalue weighted by atomic mass is 10.3. The number of hydrogen-bond donors (Lipinski definition) is 0. The monoisotopic (exact) mass is 378 g/mol. The van der Waals surface area contributed by atoms with E-state index in [0.717, 1.165) is 24.3 Å². The molecule has 0 heterocycles. The summed E-state index contributed by atoms with van der Waals surface area (Å²) in [6, 6.07) is 14.6. The molecular weight excluding hydrogens is 359 g/mol. The van der Waals surface area contributed by atoms with Crippen molar-refractivity contribution < 1.29 is 14.2 Å². The van der Waals surface area contributed by atoms with Gasteiger partial charge in [-0.2, -0.15) is 0 Å². The van der Waals surface area contributed by atoms with E-state index in [1.165, 1.54) is 0 Å². The fourth-order valence-corrected chi connectivity index (χ4v) is 2.10. The predicted octanol–water partition coefficient (Wildman–Crippen LogP) is 6.28. The van der Waals surface area contributed by atoms with Crippen LogP contribution in [0.4, 0.5) is 0 Å². The lowest BCUT2D eigenvalue weighted by molar-refractivity contribution is 0.319. The smallest absolute Gasteiger partial charge is 0.119 e. The van der Waals surface area contributed by atoms with Crippen LogP contribution in [0, 0.1) is 0 Å². The zero-order chi connectivity index (χ0) is 17.7. The number of ether oxygens (including phenoxy) is 3. The third-order valence-electron chi connectivity index (χ3n) is 3.08. The van der Waals surface area contributed by atoms with E-state index in [1.54, 1.807) is 36.8 Å². The summed E-state index contributed by atoms with van der Waals surface area (Å²) in [6.45, 7) is 1.17. The first-order chi connectivity index (χ1) is 12.2. The summed E-state index contributed by atoms with van der Waals surface area (Å²) in [5.41, 5.74) is 0. The van der Waals surface area contributed by atoms with Gasteiger partial charge in [0.15, 0.2) is 0 Å². The maximum atomic E-state index is 5.81. The van der Waals surface area contributed by atoms with Crippen LogP contribution < -0.4 is 9.47 Å². The van der Waals surface area contributed by atoms with Crippen LogP contribution in [0.5, 0.6) is 11.5 Å². The molecule has 0 unspecified atom stereocenters. The highest BCUT2D eigenvalue weighted by molar-refractivity contribution is 6.30. The predicted molar refractivity (Wildman–Crippen MR) is 102 cm³/mol. The van der Waals surface area contributed by atoms with Crippen molar-refractivity contribution in [3.63, 3.8) is 0 Å². The molecule has 2 aromatic carbocycles. The van der Waals surface area contributed by atoms with Crippen LogP contribution in [0.25, 0.3) is 0 Å². The molecule has 0 spiro atoms. The van der Waals surface area contributed by atoms with Crippen LogP contribution in [0.2, 0.25) is 10.0 Å². The van der Waals surface area contributed by atoms with E-state index in [2.05, 4.69) is 0 Å². The lowest BCUT2D eigenvalue weighted by Gasteiger charge is -2.04. The van der Waals surface area contributed by atoms with Gasteiger partial charge < -0.3 is 14.2 Å². The summed E-state index contributed by atoms with van der Waals surface area (Å²) >= 11 is 11.6. The van der Waals surface area contributed by atoms with Gasteiger partial charge in [-0.05, 0) is 60.7 Å². The highest BCUT2D eigenvalue weighted by atomic mass is 35.5. The van der Waals surface area contributed by atoms with E-state index in [-0.39, 0.29) is 0 Å². The maximum Gasteiger partial charge on any atom is 0.119 e. The third-order valence-corrected chi connectivity index (χ3v) is 3.59. The van der Waals surface area contributed by atoms with Crippen molar-refractivity contribution in [3.8, 4) is 11.5 Å². The molecule has 0 aliphatic rings. The summed E-state index contributed by atoms with van der Waals surface area (Å²) in [5, 5.41) is 1.40. The molecule has 132 valence electrons. The minimum atomic E-state index is 0.583. The third kappa shape index (κ3) is 8.52. The van der Waals surface area contributed by atoms with Crippen LogP contribution in [-0.4, -0.2) is 13.2 Å². The number of halogens is 2. The summed E-state index contributed by atoms with van der Waals surface area (Å²) in [5.74, 6) is 1.61. The molecule has 0 aliphatic carbocycles. The summed E-state index contributed by atoms with van der Waals surface area (Å²) in [4.78, 5) is 0. The highest BCUT2D eigenvalue weighted by Gasteiger charge is 1.93. The normalized spacial score (nSPS) is 11.1. The Labute approximate surface area is 158 Å². The second-order valence-electron chi connectivity index (χ2n) is 5.06. The van der Waals surface area contributed by atoms with Crippen molar-refractivity contribution >= 4 is 23.2 Å². The zero-order valence-corrected chi connectivity index (χ0v) is 15.2. The molecule has 0 aromatic heterocycles. The van der Waals surface area contributed by atoms with E-state index in [4.69, 9.17) is 37.4 Å². The molecule has 0 amide bonds. The fourth-order valence-electron chi connectivity index (χ4n) is 1.84. The molecule has 0 N–H and O–H groups in total. The summed E-state index contributed by atoms with van der Waals surface area (Å²) < 4.78 is 16.4. The Kier molecular flexibility index (Phi) is 8.81. The molecular formula is C20H20Cl2O3. The lowest BCUT2D eigenvalue weighted by Crippen LogP contribution is -1.95. The van der Waals surface area contributed by atoms with Crippen molar-refractivity contribution in [2.45, 2.75) is 12.8 Å². The topological polar surface area (TPSA) is 27.7 Å². The van der Waals surface area contributed by atoms with Gasteiger partial charge in [0.25, 0.3) is 0 Å². The van der Waals surface area contributed by atoms with Crippen LogP contribution >= 0.6 is 23.2 Å². The SMILES string of the molecule is Clc1ccc(OCCC=COC=CCCOc2ccc(Cl)cc2)cc1. The molecule has 0 fully saturated rings. The number of rotatable bonds is 10. The first-order valence-electron chi connectivity index (χ1n) is 7.96. The molecule has 2 aromatic rings. The largest absolute Gasteiger partial charge is 0.493 e. The van der Waals surface area contributed by atoms with Gasteiger partial charge >= 0.3 is 0 Å².